The first-order chi connectivity index (χ1) is 66.2. The number of esters is 2. The molecule has 0 aromatic carbocycles. The van der Waals surface area contributed by atoms with Gasteiger partial charge in [-0.25, -0.2) is 9.59 Å². The summed E-state index contributed by atoms with van der Waals surface area (Å²) in [7, 11) is 0. The number of carboxylic acid groups (broad SMARTS) is 2. The molecule has 0 radical (unpaired) electrons. The van der Waals surface area contributed by atoms with Gasteiger partial charge in [-0.3, -0.25) is 101 Å². The van der Waals surface area contributed by atoms with Crippen molar-refractivity contribution >= 4 is 148 Å². The highest BCUT2D eigenvalue weighted by Crippen LogP contribution is 2.30. The van der Waals surface area contributed by atoms with E-state index >= 15 is 0 Å². The van der Waals surface area contributed by atoms with Crippen molar-refractivity contribution in [3.05, 3.63) is 0 Å². The number of hydrogen-bond acceptors (Lipinski definition) is 33. The molecule has 4 aliphatic heterocycles. The molecular formula is C85H144N26O28S. The summed E-state index contributed by atoms with van der Waals surface area (Å²) in [6.07, 6.45) is -2.56. The van der Waals surface area contributed by atoms with Crippen molar-refractivity contribution < 1.29 is 136 Å². The Kier molecular flexibility index (Phi) is 52.7. The van der Waals surface area contributed by atoms with Crippen molar-refractivity contribution in [3.63, 3.8) is 0 Å². The summed E-state index contributed by atoms with van der Waals surface area (Å²) in [6.45, 7) is 3.28. The number of aliphatic carboxylic acids is 2. The van der Waals surface area contributed by atoms with Crippen LogP contribution >= 0.6 is 11.8 Å². The van der Waals surface area contributed by atoms with E-state index in [4.69, 9.17) is 56.3 Å². The van der Waals surface area contributed by atoms with Crippen LogP contribution in [0.1, 0.15) is 195 Å². The molecule has 18 amide bonds. The molecule has 0 spiro atoms. The highest BCUT2D eigenvalue weighted by Gasteiger charge is 2.49. The van der Waals surface area contributed by atoms with Crippen LogP contribution in [0.15, 0.2) is 4.99 Å². The van der Waals surface area contributed by atoms with Gasteiger partial charge in [0, 0.05) is 45.6 Å². The number of carbonyl (C=O) groups excluding carboxylic acids is 20. The number of aliphatic imine (C=N–C) groups is 1. The lowest BCUT2D eigenvalue weighted by Crippen LogP contribution is -2.61. The number of rotatable bonds is 63. The number of thioether (sulfide) groups is 1. The van der Waals surface area contributed by atoms with Crippen molar-refractivity contribution in [2.45, 2.75) is 309 Å². The summed E-state index contributed by atoms with van der Waals surface area (Å²) in [6, 6.07) is -28.3. The first kappa shape index (κ1) is 120. The monoisotopic (exact) mass is 2010 g/mol. The highest BCUT2D eigenvalue weighted by molar-refractivity contribution is 7.98. The van der Waals surface area contributed by atoms with Crippen LogP contribution in [0.5, 0.6) is 0 Å². The molecule has 0 saturated carbocycles. The second-order valence-corrected chi connectivity index (χ2v) is 36.1. The van der Waals surface area contributed by atoms with Crippen LogP contribution in [0.4, 0.5) is 0 Å². The fourth-order valence-corrected chi connectivity index (χ4v) is 16.5. The van der Waals surface area contributed by atoms with Crippen molar-refractivity contribution in [2.75, 3.05) is 77.6 Å². The number of ether oxygens (including phenoxy) is 1. The van der Waals surface area contributed by atoms with Gasteiger partial charge in [-0.15, -0.1) is 0 Å². The topological polar surface area (TPSA) is 890 Å². The molecule has 54 nitrogen and oxygen atoms in total. The lowest BCUT2D eigenvalue weighted by Gasteiger charge is -2.33. The first-order valence-electron chi connectivity index (χ1n) is 46.9. The second kappa shape index (κ2) is 61.4. The minimum absolute atomic E-state index is 0.00434. The van der Waals surface area contributed by atoms with Crippen LogP contribution in [0, 0.1) is 5.92 Å². The molecule has 4 saturated heterocycles. The summed E-state index contributed by atoms with van der Waals surface area (Å²) in [5, 5.41) is 81.1. The quantitative estimate of drug-likeness (QED) is 0.00884. The summed E-state index contributed by atoms with van der Waals surface area (Å²) >= 11 is 1.31. The SMILES string of the molecule is CSCCC(NC(=O)C(N)CCCCN)C(=O)NC(CCC(N)=O)C(=O)NC(C(=O)NC(CC(=O)O)C(=O)OC(=O)C1CCCN1C(=O)C1CCCN1C(=O)C(CC(=O)O)NC(=O)C(CCCN=C(N)N)NC(=O)C(CCCCN)NC(=O)C(CO)NC(=O)C1CCCN1C(=O)C1CCCN1C(=O)C(CCCCN)NC(=O)C(CO)NC(=O)C(CCC(N)=O)NC(=O)C(NC(=O)C(C)N)C(C)C)C(C)O. The fraction of sp³-hybridized carbons (Fsp3) is 0.729. The van der Waals surface area contributed by atoms with E-state index in [-0.39, 0.29) is 161 Å². The molecule has 0 aliphatic carbocycles. The lowest BCUT2D eigenvalue weighted by atomic mass is 10.0. The Bertz CT molecular complexity index is 4320. The van der Waals surface area contributed by atoms with Crippen molar-refractivity contribution in [3.8, 4) is 0 Å². The Morgan fingerprint density at radius 2 is 0.750 bits per heavy atom. The van der Waals surface area contributed by atoms with Crippen LogP contribution in [0.25, 0.3) is 0 Å². The van der Waals surface area contributed by atoms with E-state index in [1.165, 1.54) is 28.5 Å². The number of primary amides is 2. The number of likely N-dealkylation sites (tertiary alicyclic amines) is 4. The molecule has 55 heteroatoms. The molecule has 4 fully saturated rings. The molecule has 0 aromatic heterocycles. The molecule has 35 N–H and O–H groups in total. The van der Waals surface area contributed by atoms with E-state index < -0.39 is 303 Å². The zero-order valence-corrected chi connectivity index (χ0v) is 80.5. The number of nitrogens with two attached hydrogens (primary N) is 9. The zero-order valence-electron chi connectivity index (χ0n) is 79.7. The van der Waals surface area contributed by atoms with Crippen molar-refractivity contribution in [1.29, 1.82) is 0 Å². The van der Waals surface area contributed by atoms with Crippen LogP contribution in [-0.4, -0.2) is 374 Å². The van der Waals surface area contributed by atoms with E-state index in [1.807, 2.05) is 5.32 Å². The van der Waals surface area contributed by atoms with E-state index in [2.05, 4.69) is 63.5 Å². The van der Waals surface area contributed by atoms with Crippen LogP contribution in [0.3, 0.4) is 0 Å². The Labute approximate surface area is 813 Å². The summed E-state index contributed by atoms with van der Waals surface area (Å²) in [5.41, 5.74) is 50.8. The molecule has 4 rings (SSSR count). The zero-order chi connectivity index (χ0) is 105. The maximum absolute atomic E-state index is 14.8. The van der Waals surface area contributed by atoms with Gasteiger partial charge < -0.3 is 165 Å². The Morgan fingerprint density at radius 3 is 1.20 bits per heavy atom. The van der Waals surface area contributed by atoms with E-state index in [9.17, 15) is 131 Å². The number of nitrogens with one attached hydrogen (secondary N) is 12. The first-order valence-corrected chi connectivity index (χ1v) is 48.3. The van der Waals surface area contributed by atoms with E-state index in [1.54, 1.807) is 20.1 Å². The van der Waals surface area contributed by atoms with Gasteiger partial charge in [-0.2, -0.15) is 11.8 Å². The maximum Gasteiger partial charge on any atom is 0.336 e. The average molecular weight is 2010 g/mol. The normalized spacial score (nSPS) is 18.8. The Hall–Kier alpha value is -12.2. The summed E-state index contributed by atoms with van der Waals surface area (Å²) in [4.78, 5) is 311. The summed E-state index contributed by atoms with van der Waals surface area (Å²) < 4.78 is 5.12. The number of aliphatic hydroxyl groups excluding tert-OH is 3. The third kappa shape index (κ3) is 39.1. The minimum atomic E-state index is -2.27. The Balaban J connectivity index is 1.53. The molecule has 788 valence electrons. The molecule has 19 atom stereocenters. The number of amides is 18. The maximum atomic E-state index is 14.8. The number of guanidine groups is 1. The van der Waals surface area contributed by atoms with Gasteiger partial charge in [0.25, 0.3) is 0 Å². The molecule has 4 heterocycles. The number of unbranched alkanes of at least 4 members (excludes halogenated alkanes) is 3. The fourth-order valence-electron chi connectivity index (χ4n) is 16.0. The molecule has 0 aromatic rings. The lowest BCUT2D eigenvalue weighted by molar-refractivity contribution is -0.168. The molecule has 0 bridgehead atoms. The Morgan fingerprint density at radius 1 is 0.393 bits per heavy atom. The smallest absolute Gasteiger partial charge is 0.336 e. The van der Waals surface area contributed by atoms with E-state index in [0.717, 1.165) is 16.7 Å². The van der Waals surface area contributed by atoms with Crippen LogP contribution < -0.4 is 115 Å². The highest BCUT2D eigenvalue weighted by atomic mass is 32.2. The number of nitrogens with zero attached hydrogens (tertiary/aromatic N) is 5. The van der Waals surface area contributed by atoms with Gasteiger partial charge in [0.15, 0.2) is 5.96 Å². The second-order valence-electron chi connectivity index (χ2n) is 35.1. The van der Waals surface area contributed by atoms with Gasteiger partial charge in [-0.05, 0) is 186 Å². The van der Waals surface area contributed by atoms with Crippen molar-refractivity contribution in [2.24, 2.45) is 62.5 Å². The molecular weight excluding hydrogens is 1870 g/mol. The number of carbonyl (C=O) groups is 22. The van der Waals surface area contributed by atoms with Crippen LogP contribution in [0.2, 0.25) is 0 Å². The standard InChI is InChI=1S/C85H144N26O28S/c1-43(2)65(106-67(121)44(3)89)77(131)100-49(25-27-61(91)115)71(125)104-55(41-112)75(129)101-52(19-8-11-32-88)79(133)109-35-14-22-58(109)81(135)108-34-13-21-57(108)76(130)105-56(42-113)74(128)98-47(18-7-10-31-87)69(123)97-48(20-12-33-95-85(93)94)70(124)102-53(39-63(117)118)80(134)110-36-15-23-59(110)82(136)111-37-16-24-60(111)84(138)139-83(137)54(40-64(119)120)103-78(132)66(45(4)114)107-73(127)50(26-28-62(92)116)99-72(126)51(29-38-140-5)96-68(122)46(90)17-6-9-30-86/h43-60,65-66,112-114H,6-42,86-90H2,1-5H3,(H2,91,115)(H2,92,116)(H,96,122)(H,97,123)(H,98,128)(H,99,126)(H,100,131)(H,101,129)(H,102,124)(H,103,132)(H,104,125)(H,105,130)(H,106,121)(H,107,127)(H,117,118)(H,119,120)(H4,93,94,95). The van der Waals surface area contributed by atoms with Gasteiger partial charge >= 0.3 is 23.9 Å². The van der Waals surface area contributed by atoms with Crippen molar-refractivity contribution in [1.82, 2.24) is 83.4 Å². The number of aliphatic hydroxyl groups is 3. The minimum Gasteiger partial charge on any atom is -0.481 e. The van der Waals surface area contributed by atoms with Crippen LogP contribution in [-0.2, 0) is 110 Å². The number of carboxylic acids is 2. The third-order valence-corrected chi connectivity index (χ3v) is 24.4. The number of hydrogen-bond donors (Lipinski definition) is 26. The predicted molar refractivity (Wildman–Crippen MR) is 499 cm³/mol. The van der Waals surface area contributed by atoms with Gasteiger partial charge in [-0.1, -0.05) is 20.3 Å². The van der Waals surface area contributed by atoms with Gasteiger partial charge in [0.2, 0.25) is 106 Å². The molecule has 140 heavy (non-hydrogen) atoms. The van der Waals surface area contributed by atoms with E-state index in [0.29, 0.717) is 31.6 Å². The summed E-state index contributed by atoms with van der Waals surface area (Å²) in [5.74, 6) is -25.0. The average Bonchev–Trinajstić information content (AvgIpc) is 1.64. The molecule has 4 aliphatic rings. The predicted octanol–water partition coefficient (Wildman–Crippen LogP) is -11.8. The van der Waals surface area contributed by atoms with Gasteiger partial charge in [0.1, 0.15) is 96.7 Å². The largest absolute Gasteiger partial charge is 0.481 e. The third-order valence-electron chi connectivity index (χ3n) is 23.7. The van der Waals surface area contributed by atoms with Gasteiger partial charge in [0.05, 0.1) is 44.2 Å². The molecule has 19 unspecified atom stereocenters.